The van der Waals surface area contributed by atoms with Crippen LogP contribution >= 0.6 is 0 Å². The second kappa shape index (κ2) is 8.73. The van der Waals surface area contributed by atoms with Crippen molar-refractivity contribution in [2.45, 2.75) is 51.1 Å². The van der Waals surface area contributed by atoms with Gasteiger partial charge in [-0.1, -0.05) is 30.3 Å². The Bertz CT molecular complexity index is 928. The van der Waals surface area contributed by atoms with Crippen LogP contribution in [-0.4, -0.2) is 32.9 Å². The highest BCUT2D eigenvalue weighted by atomic mass is 16.9. The summed E-state index contributed by atoms with van der Waals surface area (Å²) in [6.07, 6.45) is 3.37. The first-order valence-corrected chi connectivity index (χ1v) is 9.60. The molecular weight excluding hydrogens is 374 g/mol. The highest BCUT2D eigenvalue weighted by Gasteiger charge is 2.45. The smallest absolute Gasteiger partial charge is 0.294 e. The van der Waals surface area contributed by atoms with Gasteiger partial charge in [0.25, 0.3) is 11.0 Å². The normalized spacial score (nSPS) is 14.1. The van der Waals surface area contributed by atoms with E-state index >= 15 is 0 Å². The fraction of sp³-hybridized carbons (Fsp3) is 0.450. The SMILES string of the molecule is Cc1c(C(=O)NC2(C#N)CC2)nn(CCCCCO[N+](=O)[O-])c1-c1ccccc1. The van der Waals surface area contributed by atoms with E-state index in [0.29, 0.717) is 31.5 Å². The van der Waals surface area contributed by atoms with Gasteiger partial charge in [0, 0.05) is 17.7 Å². The summed E-state index contributed by atoms with van der Waals surface area (Å²) in [7, 11) is 0. The second-order valence-electron chi connectivity index (χ2n) is 7.18. The Morgan fingerprint density at radius 3 is 2.69 bits per heavy atom. The topological polar surface area (TPSA) is 123 Å². The minimum atomic E-state index is -0.789. The number of benzene rings is 1. The molecular formula is C20H23N5O4. The van der Waals surface area contributed by atoms with Crippen LogP contribution in [0.4, 0.5) is 0 Å². The van der Waals surface area contributed by atoms with Gasteiger partial charge in [-0.2, -0.15) is 10.4 Å². The number of nitrogens with one attached hydrogen (secondary N) is 1. The van der Waals surface area contributed by atoms with Gasteiger partial charge in [-0.15, -0.1) is 10.1 Å². The van der Waals surface area contributed by atoms with E-state index < -0.39 is 10.6 Å². The number of unbranched alkanes of at least 4 members (excludes halogenated alkanes) is 2. The fourth-order valence-electron chi connectivity index (χ4n) is 3.24. The number of carbonyl (C=O) groups excluding carboxylic acids is 1. The van der Waals surface area contributed by atoms with Crippen LogP contribution in [0.15, 0.2) is 30.3 Å². The lowest BCUT2D eigenvalue weighted by Gasteiger charge is -2.08. The third-order valence-corrected chi connectivity index (χ3v) is 4.98. The Kier molecular flexibility index (Phi) is 6.12. The van der Waals surface area contributed by atoms with Crippen molar-refractivity contribution in [2.24, 2.45) is 0 Å². The first-order chi connectivity index (χ1) is 14.0. The van der Waals surface area contributed by atoms with E-state index in [2.05, 4.69) is 21.3 Å². The number of amides is 1. The molecule has 3 rings (SSSR count). The van der Waals surface area contributed by atoms with Gasteiger partial charge in [0.15, 0.2) is 5.69 Å². The quantitative estimate of drug-likeness (QED) is 0.373. The molecule has 0 spiro atoms. The van der Waals surface area contributed by atoms with E-state index in [1.807, 2.05) is 37.3 Å². The molecule has 1 aromatic carbocycles. The average Bonchev–Trinajstić information content (AvgIpc) is 3.40. The third kappa shape index (κ3) is 4.90. The van der Waals surface area contributed by atoms with Gasteiger partial charge < -0.3 is 10.2 Å². The molecule has 9 nitrogen and oxygen atoms in total. The van der Waals surface area contributed by atoms with Gasteiger partial charge >= 0.3 is 0 Å². The Hall–Kier alpha value is -3.41. The predicted molar refractivity (Wildman–Crippen MR) is 104 cm³/mol. The van der Waals surface area contributed by atoms with Gasteiger partial charge in [-0.25, -0.2) is 0 Å². The zero-order chi connectivity index (χ0) is 20.9. The maximum Gasteiger partial charge on any atom is 0.294 e. The Morgan fingerprint density at radius 2 is 2.07 bits per heavy atom. The van der Waals surface area contributed by atoms with Gasteiger partial charge in [0.05, 0.1) is 18.4 Å². The van der Waals surface area contributed by atoms with Gasteiger partial charge in [0.1, 0.15) is 5.54 Å². The third-order valence-electron chi connectivity index (χ3n) is 4.98. The van der Waals surface area contributed by atoms with E-state index in [0.717, 1.165) is 29.7 Å². The van der Waals surface area contributed by atoms with Crippen LogP contribution in [0.2, 0.25) is 0 Å². The lowest BCUT2D eigenvalue weighted by molar-refractivity contribution is -0.757. The van der Waals surface area contributed by atoms with Crippen molar-refractivity contribution >= 4 is 5.91 Å². The molecule has 0 unspecified atom stereocenters. The Labute approximate surface area is 168 Å². The van der Waals surface area contributed by atoms with Crippen molar-refractivity contribution in [3.05, 3.63) is 51.7 Å². The Morgan fingerprint density at radius 1 is 1.34 bits per heavy atom. The first-order valence-electron chi connectivity index (χ1n) is 9.60. The molecule has 9 heteroatoms. The highest BCUT2D eigenvalue weighted by Crippen LogP contribution is 2.35. The predicted octanol–water partition coefficient (Wildman–Crippen LogP) is 3.02. The molecule has 0 aliphatic heterocycles. The molecule has 0 atom stereocenters. The molecule has 1 aliphatic carbocycles. The summed E-state index contributed by atoms with van der Waals surface area (Å²) >= 11 is 0. The van der Waals surface area contributed by atoms with Crippen molar-refractivity contribution in [1.82, 2.24) is 15.1 Å². The molecule has 1 N–H and O–H groups in total. The highest BCUT2D eigenvalue weighted by molar-refractivity contribution is 5.96. The Balaban J connectivity index is 1.76. The summed E-state index contributed by atoms with van der Waals surface area (Å²) in [5.41, 5.74) is 2.15. The van der Waals surface area contributed by atoms with Crippen molar-refractivity contribution in [3.8, 4) is 17.3 Å². The minimum absolute atomic E-state index is 0.0700. The summed E-state index contributed by atoms with van der Waals surface area (Å²) in [6.45, 7) is 2.50. The molecule has 29 heavy (non-hydrogen) atoms. The zero-order valence-corrected chi connectivity index (χ0v) is 16.3. The number of nitriles is 1. The van der Waals surface area contributed by atoms with E-state index in [-0.39, 0.29) is 12.5 Å². The van der Waals surface area contributed by atoms with Crippen LogP contribution in [0, 0.1) is 28.4 Å². The van der Waals surface area contributed by atoms with Crippen LogP contribution in [0.5, 0.6) is 0 Å². The molecule has 1 saturated carbocycles. The maximum absolute atomic E-state index is 12.7. The average molecular weight is 397 g/mol. The van der Waals surface area contributed by atoms with Crippen LogP contribution in [0.25, 0.3) is 11.3 Å². The number of nitrogens with zero attached hydrogens (tertiary/aromatic N) is 4. The summed E-state index contributed by atoms with van der Waals surface area (Å²) in [5, 5.41) is 26.0. The summed E-state index contributed by atoms with van der Waals surface area (Å²) in [5.74, 6) is -0.336. The number of aromatic nitrogens is 2. The van der Waals surface area contributed by atoms with Crippen LogP contribution in [-0.2, 0) is 11.4 Å². The van der Waals surface area contributed by atoms with Crippen molar-refractivity contribution in [1.29, 1.82) is 5.26 Å². The minimum Gasteiger partial charge on any atom is -0.332 e. The molecule has 0 radical (unpaired) electrons. The monoisotopic (exact) mass is 397 g/mol. The van der Waals surface area contributed by atoms with Crippen LogP contribution in [0.1, 0.15) is 48.2 Å². The lowest BCUT2D eigenvalue weighted by atomic mass is 10.1. The molecule has 1 fully saturated rings. The molecule has 1 aliphatic rings. The summed E-state index contributed by atoms with van der Waals surface area (Å²) in [6, 6.07) is 11.9. The van der Waals surface area contributed by atoms with Crippen molar-refractivity contribution in [2.75, 3.05) is 6.61 Å². The van der Waals surface area contributed by atoms with Crippen LogP contribution < -0.4 is 5.32 Å². The summed E-state index contributed by atoms with van der Waals surface area (Å²) in [4.78, 5) is 27.3. The zero-order valence-electron chi connectivity index (χ0n) is 16.3. The molecule has 0 bridgehead atoms. The van der Waals surface area contributed by atoms with E-state index in [9.17, 15) is 20.2 Å². The van der Waals surface area contributed by atoms with Crippen LogP contribution in [0.3, 0.4) is 0 Å². The fourth-order valence-corrected chi connectivity index (χ4v) is 3.24. The van der Waals surface area contributed by atoms with E-state index in [4.69, 9.17) is 0 Å². The van der Waals surface area contributed by atoms with E-state index in [1.54, 1.807) is 4.68 Å². The molecule has 1 amide bonds. The number of hydrogen-bond donors (Lipinski definition) is 1. The lowest BCUT2D eigenvalue weighted by Crippen LogP contribution is -2.36. The number of rotatable bonds is 10. The van der Waals surface area contributed by atoms with Crippen molar-refractivity contribution < 1.29 is 14.7 Å². The molecule has 1 heterocycles. The number of aryl methyl sites for hydroxylation is 1. The number of hydrogen-bond acceptors (Lipinski definition) is 6. The largest absolute Gasteiger partial charge is 0.332 e. The van der Waals surface area contributed by atoms with Gasteiger partial charge in [-0.05, 0) is 39.0 Å². The molecule has 2 aromatic rings. The van der Waals surface area contributed by atoms with Gasteiger partial charge in [-0.3, -0.25) is 9.48 Å². The molecule has 152 valence electrons. The first kappa shape index (κ1) is 20.3. The van der Waals surface area contributed by atoms with Crippen molar-refractivity contribution in [3.63, 3.8) is 0 Å². The summed E-state index contributed by atoms with van der Waals surface area (Å²) < 4.78 is 1.81. The van der Waals surface area contributed by atoms with E-state index in [1.165, 1.54) is 0 Å². The molecule has 0 saturated heterocycles. The maximum atomic E-state index is 12.7. The second-order valence-corrected chi connectivity index (χ2v) is 7.18. The van der Waals surface area contributed by atoms with Gasteiger partial charge in [0.2, 0.25) is 0 Å². The molecule has 1 aromatic heterocycles. The number of carbonyl (C=O) groups is 1. The standard InChI is InChI=1S/C20H23N5O4/c1-15-17(19(26)22-20(14-21)10-11-20)23-24(12-6-3-7-13-29-25(27)28)18(15)16-8-4-2-5-9-16/h2,4-5,8-9H,3,6-7,10-13H2,1H3,(H,22,26).